The van der Waals surface area contributed by atoms with Gasteiger partial charge in [-0.2, -0.15) is 0 Å². The normalized spacial score (nSPS) is 54.0. The van der Waals surface area contributed by atoms with Crippen molar-refractivity contribution in [3.05, 3.63) is 24.3 Å². The van der Waals surface area contributed by atoms with Crippen LogP contribution in [0.5, 0.6) is 0 Å². The average molecular weight is 188 g/mol. The highest BCUT2D eigenvalue weighted by Gasteiger charge is 2.55. The predicted molar refractivity (Wildman–Crippen MR) is 55.6 cm³/mol. The molecule has 1 saturated carbocycles. The molecule has 0 saturated heterocycles. The maximum Gasteiger partial charge on any atom is 0.143 e. The molecule has 14 heavy (non-hydrogen) atoms. The van der Waals surface area contributed by atoms with Crippen LogP contribution in [0.1, 0.15) is 20.3 Å². The minimum Gasteiger partial charge on any atom is -0.299 e. The number of Topliss-reactive ketones (excluding diaryl/α,β-unsaturated/α-hetero) is 1. The van der Waals surface area contributed by atoms with E-state index in [1.165, 1.54) is 6.42 Å². The van der Waals surface area contributed by atoms with Crippen LogP contribution >= 0.6 is 0 Å². The van der Waals surface area contributed by atoms with Crippen molar-refractivity contribution < 1.29 is 4.79 Å². The van der Waals surface area contributed by atoms with Gasteiger partial charge in [-0.25, -0.2) is 0 Å². The molecule has 2 bridgehead atoms. The molecule has 0 amide bonds. The lowest BCUT2D eigenvalue weighted by Crippen LogP contribution is -2.52. The minimum absolute atomic E-state index is 0.125. The van der Waals surface area contributed by atoms with E-state index in [-0.39, 0.29) is 17.3 Å². The summed E-state index contributed by atoms with van der Waals surface area (Å²) in [5.74, 6) is 2.07. The summed E-state index contributed by atoms with van der Waals surface area (Å²) < 4.78 is 0. The first kappa shape index (κ1) is 8.46. The SMILES string of the molecule is CC1C(=O)[C@H]2C=C[C@]1(C)[C@@H]1CC=C[C@H]21. The largest absolute Gasteiger partial charge is 0.299 e. The van der Waals surface area contributed by atoms with Crippen molar-refractivity contribution in [3.8, 4) is 0 Å². The summed E-state index contributed by atoms with van der Waals surface area (Å²) in [5, 5.41) is 0. The van der Waals surface area contributed by atoms with Crippen LogP contribution in [0.25, 0.3) is 0 Å². The third-order valence-corrected chi connectivity index (χ3v) is 4.78. The zero-order valence-electron chi connectivity index (χ0n) is 8.73. The quantitative estimate of drug-likeness (QED) is 0.534. The van der Waals surface area contributed by atoms with E-state index in [0.717, 1.165) is 0 Å². The van der Waals surface area contributed by atoms with Gasteiger partial charge in [0.2, 0.25) is 0 Å². The standard InChI is InChI=1S/C13H16O/c1-8-12(14)10-6-7-13(8,2)11-5-3-4-9(10)11/h3-4,6-11H,5H2,1-2H3/t8?,9-,10+,11-,13+/m1/s1. The fourth-order valence-corrected chi connectivity index (χ4v) is 3.62. The number of hydrogen-bond acceptors (Lipinski definition) is 1. The molecule has 5 atom stereocenters. The van der Waals surface area contributed by atoms with Gasteiger partial charge in [0.15, 0.2) is 0 Å². The number of fused-ring (bicyclic) bond motifs is 1. The smallest absolute Gasteiger partial charge is 0.143 e. The molecule has 0 radical (unpaired) electrons. The summed E-state index contributed by atoms with van der Waals surface area (Å²) in [6.07, 6.45) is 10.1. The molecule has 1 heteroatoms. The lowest BCUT2D eigenvalue weighted by Gasteiger charge is -2.51. The summed E-state index contributed by atoms with van der Waals surface area (Å²) in [6.45, 7) is 4.36. The predicted octanol–water partition coefficient (Wildman–Crippen LogP) is 2.59. The third kappa shape index (κ3) is 0.749. The molecule has 1 nitrogen and oxygen atoms in total. The first-order valence-corrected chi connectivity index (χ1v) is 5.54. The number of rotatable bonds is 0. The molecule has 0 aromatic rings. The molecular formula is C13H16O. The van der Waals surface area contributed by atoms with Crippen LogP contribution in [0.3, 0.4) is 0 Å². The second kappa shape index (κ2) is 2.39. The maximum absolute atomic E-state index is 12.0. The minimum atomic E-state index is 0.125. The van der Waals surface area contributed by atoms with Crippen LogP contribution in [-0.2, 0) is 4.79 Å². The molecule has 0 spiro atoms. The van der Waals surface area contributed by atoms with Gasteiger partial charge < -0.3 is 0 Å². The van der Waals surface area contributed by atoms with E-state index >= 15 is 0 Å². The summed E-state index contributed by atoms with van der Waals surface area (Å²) in [5.41, 5.74) is 0.125. The van der Waals surface area contributed by atoms with Gasteiger partial charge in [0, 0.05) is 11.8 Å². The number of allylic oxidation sites excluding steroid dienone is 4. The molecule has 1 unspecified atom stereocenters. The summed E-state index contributed by atoms with van der Waals surface area (Å²) >= 11 is 0. The van der Waals surface area contributed by atoms with E-state index in [1.807, 2.05) is 0 Å². The van der Waals surface area contributed by atoms with E-state index in [9.17, 15) is 4.79 Å². The third-order valence-electron chi connectivity index (χ3n) is 4.78. The average Bonchev–Trinajstić information content (AvgIpc) is 2.64. The molecule has 74 valence electrons. The zero-order valence-corrected chi connectivity index (χ0v) is 8.73. The Morgan fingerprint density at radius 2 is 2.21 bits per heavy atom. The van der Waals surface area contributed by atoms with E-state index in [2.05, 4.69) is 38.2 Å². The van der Waals surface area contributed by atoms with Crippen molar-refractivity contribution in [1.29, 1.82) is 0 Å². The highest BCUT2D eigenvalue weighted by Crippen LogP contribution is 2.57. The zero-order chi connectivity index (χ0) is 9.92. The summed E-state index contributed by atoms with van der Waals surface area (Å²) in [7, 11) is 0. The van der Waals surface area contributed by atoms with Crippen molar-refractivity contribution in [2.24, 2.45) is 29.1 Å². The number of carbonyl (C=O) groups excluding carboxylic acids is 1. The monoisotopic (exact) mass is 188 g/mol. The van der Waals surface area contributed by atoms with Gasteiger partial charge in [-0.15, -0.1) is 0 Å². The second-order valence-electron chi connectivity index (χ2n) is 5.22. The lowest BCUT2D eigenvalue weighted by molar-refractivity contribution is -0.137. The Kier molecular flexibility index (Phi) is 1.44. The van der Waals surface area contributed by atoms with Crippen LogP contribution < -0.4 is 0 Å². The molecule has 0 aliphatic heterocycles. The van der Waals surface area contributed by atoms with E-state index in [1.54, 1.807) is 0 Å². The lowest BCUT2D eigenvalue weighted by atomic mass is 9.51. The van der Waals surface area contributed by atoms with Crippen LogP contribution in [0.15, 0.2) is 24.3 Å². The van der Waals surface area contributed by atoms with Gasteiger partial charge in [-0.1, -0.05) is 38.2 Å². The number of ketones is 1. The maximum atomic E-state index is 12.0. The summed E-state index contributed by atoms with van der Waals surface area (Å²) in [6, 6.07) is 0. The Balaban J connectivity index is 2.14. The molecular weight excluding hydrogens is 172 g/mol. The van der Waals surface area contributed by atoms with E-state index < -0.39 is 0 Å². The first-order chi connectivity index (χ1) is 6.64. The molecule has 4 aliphatic rings. The molecule has 0 N–H and O–H groups in total. The molecule has 0 aromatic carbocycles. The Hall–Kier alpha value is -0.850. The van der Waals surface area contributed by atoms with Crippen molar-refractivity contribution in [3.63, 3.8) is 0 Å². The highest BCUT2D eigenvalue weighted by atomic mass is 16.1. The van der Waals surface area contributed by atoms with Crippen molar-refractivity contribution in [1.82, 2.24) is 0 Å². The van der Waals surface area contributed by atoms with E-state index in [0.29, 0.717) is 17.6 Å². The van der Waals surface area contributed by atoms with Gasteiger partial charge >= 0.3 is 0 Å². The Bertz CT molecular complexity index is 352. The van der Waals surface area contributed by atoms with E-state index in [4.69, 9.17) is 0 Å². The summed E-state index contributed by atoms with van der Waals surface area (Å²) in [4.78, 5) is 12.0. The van der Waals surface area contributed by atoms with Crippen molar-refractivity contribution in [2.75, 3.05) is 0 Å². The molecule has 0 aromatic heterocycles. The van der Waals surface area contributed by atoms with Crippen molar-refractivity contribution >= 4 is 5.78 Å². The van der Waals surface area contributed by atoms with Crippen LogP contribution in [-0.4, -0.2) is 5.78 Å². The van der Waals surface area contributed by atoms with Crippen LogP contribution in [0, 0.1) is 29.1 Å². The Labute approximate surface area is 84.9 Å². The molecule has 4 aliphatic carbocycles. The second-order valence-corrected chi connectivity index (χ2v) is 5.22. The van der Waals surface area contributed by atoms with Gasteiger partial charge in [0.25, 0.3) is 0 Å². The molecule has 1 fully saturated rings. The van der Waals surface area contributed by atoms with Crippen LogP contribution in [0.4, 0.5) is 0 Å². The highest BCUT2D eigenvalue weighted by molar-refractivity contribution is 5.89. The number of hydrogen-bond donors (Lipinski definition) is 0. The molecule has 0 heterocycles. The number of carbonyl (C=O) groups is 1. The van der Waals surface area contributed by atoms with Gasteiger partial charge in [0.05, 0.1) is 0 Å². The Morgan fingerprint density at radius 3 is 3.00 bits per heavy atom. The first-order valence-electron chi connectivity index (χ1n) is 5.54. The topological polar surface area (TPSA) is 17.1 Å². The fourth-order valence-electron chi connectivity index (χ4n) is 3.62. The molecule has 4 rings (SSSR count). The van der Waals surface area contributed by atoms with Gasteiger partial charge in [0.1, 0.15) is 5.78 Å². The van der Waals surface area contributed by atoms with Crippen LogP contribution in [0.2, 0.25) is 0 Å². The van der Waals surface area contributed by atoms with Crippen molar-refractivity contribution in [2.45, 2.75) is 20.3 Å². The van der Waals surface area contributed by atoms with Gasteiger partial charge in [-0.3, -0.25) is 4.79 Å². The van der Waals surface area contributed by atoms with Gasteiger partial charge in [-0.05, 0) is 23.7 Å². The fraction of sp³-hybridized carbons (Fsp3) is 0.615. The Morgan fingerprint density at radius 1 is 1.43 bits per heavy atom.